The van der Waals surface area contributed by atoms with Crippen molar-refractivity contribution >= 4 is 17.3 Å². The van der Waals surface area contributed by atoms with Crippen LogP contribution in [0.3, 0.4) is 0 Å². The van der Waals surface area contributed by atoms with Gasteiger partial charge in [-0.05, 0) is 31.2 Å². The van der Waals surface area contributed by atoms with E-state index in [9.17, 15) is 4.39 Å². The van der Waals surface area contributed by atoms with Crippen molar-refractivity contribution in [3.63, 3.8) is 0 Å². The topological polar surface area (TPSA) is 30.5 Å². The van der Waals surface area contributed by atoms with E-state index in [4.69, 9.17) is 21.1 Å². The first-order valence-corrected chi connectivity index (χ1v) is 7.01. The van der Waals surface area contributed by atoms with Crippen LogP contribution >= 0.6 is 11.6 Å². The molecule has 0 amide bonds. The van der Waals surface area contributed by atoms with Crippen LogP contribution in [0, 0.1) is 5.82 Å². The molecule has 0 saturated heterocycles. The lowest BCUT2D eigenvalue weighted by Crippen LogP contribution is -2.04. The number of halogens is 2. The molecule has 2 rings (SSSR count). The molecule has 0 heterocycles. The van der Waals surface area contributed by atoms with Gasteiger partial charge in [0.05, 0.1) is 18.7 Å². The van der Waals surface area contributed by atoms with E-state index in [-0.39, 0.29) is 5.02 Å². The van der Waals surface area contributed by atoms with Crippen LogP contribution in [0.4, 0.5) is 10.1 Å². The van der Waals surface area contributed by atoms with Gasteiger partial charge in [-0.15, -0.1) is 0 Å². The van der Waals surface area contributed by atoms with Gasteiger partial charge in [-0.2, -0.15) is 0 Å². The fourth-order valence-electron chi connectivity index (χ4n) is 1.97. The molecule has 2 aromatic carbocycles. The number of methoxy groups -OCH3 is 1. The molecule has 0 aliphatic carbocycles. The summed E-state index contributed by atoms with van der Waals surface area (Å²) in [5.41, 5.74) is 1.70. The lowest BCUT2D eigenvalue weighted by Gasteiger charge is -2.15. The molecule has 3 nitrogen and oxygen atoms in total. The van der Waals surface area contributed by atoms with Gasteiger partial charge in [-0.3, -0.25) is 0 Å². The van der Waals surface area contributed by atoms with Crippen LogP contribution in [0.15, 0.2) is 36.4 Å². The lowest BCUT2D eigenvalue weighted by molar-refractivity contribution is 0.308. The van der Waals surface area contributed by atoms with E-state index in [1.54, 1.807) is 19.2 Å². The highest BCUT2D eigenvalue weighted by Gasteiger charge is 2.10. The van der Waals surface area contributed by atoms with Gasteiger partial charge < -0.3 is 14.8 Å². The number of ether oxygens (including phenoxy) is 2. The van der Waals surface area contributed by atoms with Gasteiger partial charge in [0.25, 0.3) is 0 Å². The number of hydrogen-bond acceptors (Lipinski definition) is 3. The highest BCUT2D eigenvalue weighted by Crippen LogP contribution is 2.31. The summed E-state index contributed by atoms with van der Waals surface area (Å²) >= 11 is 5.76. The standard InChI is InChI=1S/C16H17ClFNO2/c1-3-21-16-11(5-4-6-15(16)20-2)10-19-12-7-8-14(18)13(17)9-12/h4-9,19H,3,10H2,1-2H3. The van der Waals surface area contributed by atoms with E-state index in [1.807, 2.05) is 25.1 Å². The zero-order valence-corrected chi connectivity index (χ0v) is 12.7. The first-order chi connectivity index (χ1) is 10.2. The Kier molecular flexibility index (Phi) is 5.28. The Bertz CT molecular complexity index is 619. The van der Waals surface area contributed by atoms with Crippen LogP contribution in [-0.2, 0) is 6.54 Å². The molecule has 0 saturated carbocycles. The Morgan fingerprint density at radius 3 is 2.71 bits per heavy atom. The Balaban J connectivity index is 2.17. The minimum Gasteiger partial charge on any atom is -0.493 e. The van der Waals surface area contributed by atoms with Crippen LogP contribution in [0.2, 0.25) is 5.02 Å². The smallest absolute Gasteiger partial charge is 0.166 e. The van der Waals surface area contributed by atoms with E-state index < -0.39 is 5.82 Å². The van der Waals surface area contributed by atoms with E-state index in [2.05, 4.69) is 5.32 Å². The summed E-state index contributed by atoms with van der Waals surface area (Å²) in [6.45, 7) is 2.99. The lowest BCUT2D eigenvalue weighted by atomic mass is 10.1. The third kappa shape index (κ3) is 3.79. The molecule has 0 aliphatic heterocycles. The Morgan fingerprint density at radius 1 is 1.24 bits per heavy atom. The molecule has 0 aliphatic rings. The van der Waals surface area contributed by atoms with E-state index in [0.29, 0.717) is 24.7 Å². The maximum atomic E-state index is 13.1. The molecule has 0 fully saturated rings. The van der Waals surface area contributed by atoms with Gasteiger partial charge in [0.2, 0.25) is 0 Å². The van der Waals surface area contributed by atoms with Gasteiger partial charge >= 0.3 is 0 Å². The second kappa shape index (κ2) is 7.18. The predicted octanol–water partition coefficient (Wildman–Crippen LogP) is 4.50. The molecule has 0 bridgehead atoms. The quantitative estimate of drug-likeness (QED) is 0.852. The summed E-state index contributed by atoms with van der Waals surface area (Å²) in [5, 5.41) is 3.29. The molecule has 0 radical (unpaired) electrons. The Labute approximate surface area is 128 Å². The van der Waals surface area contributed by atoms with E-state index in [0.717, 1.165) is 11.3 Å². The highest BCUT2D eigenvalue weighted by atomic mass is 35.5. The number of para-hydroxylation sites is 1. The molecule has 21 heavy (non-hydrogen) atoms. The van der Waals surface area contributed by atoms with Crippen molar-refractivity contribution in [1.29, 1.82) is 0 Å². The maximum absolute atomic E-state index is 13.1. The van der Waals surface area contributed by atoms with Crippen LogP contribution in [0.25, 0.3) is 0 Å². The molecule has 0 atom stereocenters. The van der Waals surface area contributed by atoms with Crippen molar-refractivity contribution in [2.75, 3.05) is 19.0 Å². The molecule has 2 aromatic rings. The van der Waals surface area contributed by atoms with Crippen molar-refractivity contribution in [1.82, 2.24) is 0 Å². The zero-order valence-electron chi connectivity index (χ0n) is 12.0. The SMILES string of the molecule is CCOc1c(CNc2ccc(F)c(Cl)c2)cccc1OC. The molecule has 0 aromatic heterocycles. The van der Waals surface area contributed by atoms with Crippen LogP contribution in [-0.4, -0.2) is 13.7 Å². The van der Waals surface area contributed by atoms with Crippen molar-refractivity contribution in [2.45, 2.75) is 13.5 Å². The fourth-order valence-corrected chi connectivity index (χ4v) is 2.15. The molecule has 0 unspecified atom stereocenters. The van der Waals surface area contributed by atoms with Crippen LogP contribution < -0.4 is 14.8 Å². The third-order valence-corrected chi connectivity index (χ3v) is 3.26. The number of benzene rings is 2. The van der Waals surface area contributed by atoms with Gasteiger partial charge in [0, 0.05) is 17.8 Å². The molecule has 112 valence electrons. The average molecular weight is 310 g/mol. The predicted molar refractivity (Wildman–Crippen MR) is 82.9 cm³/mol. The monoisotopic (exact) mass is 309 g/mol. The molecule has 5 heteroatoms. The Hall–Kier alpha value is -1.94. The van der Waals surface area contributed by atoms with Crippen molar-refractivity contribution < 1.29 is 13.9 Å². The number of rotatable bonds is 6. The third-order valence-electron chi connectivity index (χ3n) is 2.97. The van der Waals surface area contributed by atoms with Crippen LogP contribution in [0.1, 0.15) is 12.5 Å². The normalized spacial score (nSPS) is 10.3. The van der Waals surface area contributed by atoms with E-state index >= 15 is 0 Å². The number of hydrogen-bond donors (Lipinski definition) is 1. The summed E-state index contributed by atoms with van der Waals surface area (Å²) in [6.07, 6.45) is 0. The second-order valence-electron chi connectivity index (χ2n) is 4.36. The maximum Gasteiger partial charge on any atom is 0.166 e. The van der Waals surface area contributed by atoms with Gasteiger partial charge in [-0.25, -0.2) is 4.39 Å². The van der Waals surface area contributed by atoms with Crippen LogP contribution in [0.5, 0.6) is 11.5 Å². The van der Waals surface area contributed by atoms with Crippen molar-refractivity contribution in [3.8, 4) is 11.5 Å². The minimum absolute atomic E-state index is 0.0932. The largest absolute Gasteiger partial charge is 0.493 e. The average Bonchev–Trinajstić information content (AvgIpc) is 2.49. The number of nitrogens with one attached hydrogen (secondary N) is 1. The minimum atomic E-state index is -0.432. The zero-order chi connectivity index (χ0) is 15.2. The highest BCUT2D eigenvalue weighted by molar-refractivity contribution is 6.31. The summed E-state index contributed by atoms with van der Waals surface area (Å²) in [4.78, 5) is 0. The van der Waals surface area contributed by atoms with E-state index in [1.165, 1.54) is 6.07 Å². The summed E-state index contributed by atoms with van der Waals surface area (Å²) in [7, 11) is 1.61. The molecule has 1 N–H and O–H groups in total. The second-order valence-corrected chi connectivity index (χ2v) is 4.77. The fraction of sp³-hybridized carbons (Fsp3) is 0.250. The van der Waals surface area contributed by atoms with Crippen molar-refractivity contribution in [2.24, 2.45) is 0 Å². The number of anilines is 1. The summed E-state index contributed by atoms with van der Waals surface area (Å²) in [6, 6.07) is 10.2. The van der Waals surface area contributed by atoms with Crippen molar-refractivity contribution in [3.05, 3.63) is 52.8 Å². The first kappa shape index (κ1) is 15.4. The van der Waals surface area contributed by atoms with Gasteiger partial charge in [0.1, 0.15) is 5.82 Å². The molecular formula is C16H17ClFNO2. The van der Waals surface area contributed by atoms with Gasteiger partial charge in [-0.1, -0.05) is 23.7 Å². The Morgan fingerprint density at radius 2 is 2.05 bits per heavy atom. The molecule has 0 spiro atoms. The van der Waals surface area contributed by atoms with Gasteiger partial charge in [0.15, 0.2) is 11.5 Å². The summed E-state index contributed by atoms with van der Waals surface area (Å²) in [5.74, 6) is 0.968. The first-order valence-electron chi connectivity index (χ1n) is 6.63. The summed E-state index contributed by atoms with van der Waals surface area (Å²) < 4.78 is 24.1. The molecular weight excluding hydrogens is 293 g/mol.